The molecule has 0 aromatic heterocycles. The number of nitrogens with zero attached hydrogens (tertiary/aromatic N) is 1. The number of piperidine rings is 1. The normalized spacial score (nSPS) is 17.3. The van der Waals surface area contributed by atoms with E-state index in [2.05, 4.69) is 0 Å². The topological polar surface area (TPSA) is 55.8 Å². The second-order valence-electron chi connectivity index (χ2n) is 8.60. The van der Waals surface area contributed by atoms with Crippen LogP contribution in [0.15, 0.2) is 36.4 Å². The molecule has 0 aliphatic carbocycles. The fraction of sp³-hybridized carbons (Fsp3) is 0.440. The molecule has 2 aromatic rings. The summed E-state index contributed by atoms with van der Waals surface area (Å²) in [5.41, 5.74) is 2.43. The SMILES string of the molecule is Cc1cc2c(cc1C)C(=O)CC1(CCN(C(=O)CCCOc3ccc(Cl)cc3)CC1)O2. The Balaban J connectivity index is 1.27. The lowest BCUT2D eigenvalue weighted by atomic mass is 9.82. The number of Topliss-reactive ketones (excluding diaryl/α,β-unsaturated/α-hetero) is 1. The monoisotopic (exact) mass is 441 g/mol. The summed E-state index contributed by atoms with van der Waals surface area (Å²) in [7, 11) is 0. The number of carbonyl (C=O) groups excluding carboxylic acids is 2. The minimum Gasteiger partial charge on any atom is -0.494 e. The van der Waals surface area contributed by atoms with Gasteiger partial charge in [-0.15, -0.1) is 0 Å². The number of hydrogen-bond donors (Lipinski definition) is 0. The Morgan fingerprint density at radius 1 is 1.13 bits per heavy atom. The molecule has 2 heterocycles. The van der Waals surface area contributed by atoms with Crippen molar-refractivity contribution in [3.8, 4) is 11.5 Å². The molecule has 0 bridgehead atoms. The summed E-state index contributed by atoms with van der Waals surface area (Å²) >= 11 is 5.87. The van der Waals surface area contributed by atoms with Crippen LogP contribution in [0.2, 0.25) is 5.02 Å². The van der Waals surface area contributed by atoms with E-state index in [1.165, 1.54) is 0 Å². The first-order chi connectivity index (χ1) is 14.8. The number of hydrogen-bond acceptors (Lipinski definition) is 4. The molecular formula is C25H28ClNO4. The number of likely N-dealkylation sites (tertiary alicyclic amines) is 1. The molecule has 4 rings (SSSR count). The molecule has 0 N–H and O–H groups in total. The van der Waals surface area contributed by atoms with Crippen LogP contribution in [0.25, 0.3) is 0 Å². The van der Waals surface area contributed by atoms with Gasteiger partial charge >= 0.3 is 0 Å². The van der Waals surface area contributed by atoms with E-state index >= 15 is 0 Å². The molecule has 0 saturated carbocycles. The molecule has 164 valence electrons. The molecule has 1 fully saturated rings. The molecule has 1 saturated heterocycles. The Morgan fingerprint density at radius 3 is 2.52 bits per heavy atom. The van der Waals surface area contributed by atoms with Crippen molar-refractivity contribution in [2.45, 2.75) is 51.6 Å². The van der Waals surface area contributed by atoms with Crippen LogP contribution in [0.1, 0.15) is 53.6 Å². The zero-order chi connectivity index (χ0) is 22.0. The molecule has 5 nitrogen and oxygen atoms in total. The summed E-state index contributed by atoms with van der Waals surface area (Å²) in [6.07, 6.45) is 2.85. The first-order valence-corrected chi connectivity index (χ1v) is 11.2. The molecular weight excluding hydrogens is 414 g/mol. The van der Waals surface area contributed by atoms with Gasteiger partial charge in [0.25, 0.3) is 0 Å². The van der Waals surface area contributed by atoms with Gasteiger partial charge in [0.1, 0.15) is 17.1 Å². The van der Waals surface area contributed by atoms with Crippen LogP contribution in [-0.4, -0.2) is 41.9 Å². The summed E-state index contributed by atoms with van der Waals surface area (Å²) in [5, 5.41) is 0.669. The lowest BCUT2D eigenvalue weighted by Crippen LogP contribution is -2.52. The Labute approximate surface area is 188 Å². The highest BCUT2D eigenvalue weighted by molar-refractivity contribution is 6.30. The van der Waals surface area contributed by atoms with Crippen molar-refractivity contribution < 1.29 is 19.1 Å². The first kappa shape index (κ1) is 21.7. The number of benzene rings is 2. The summed E-state index contributed by atoms with van der Waals surface area (Å²) in [6.45, 7) is 5.76. The van der Waals surface area contributed by atoms with Gasteiger partial charge < -0.3 is 14.4 Å². The molecule has 0 atom stereocenters. The first-order valence-electron chi connectivity index (χ1n) is 10.8. The van der Waals surface area contributed by atoms with E-state index in [4.69, 9.17) is 21.1 Å². The average molecular weight is 442 g/mol. The molecule has 0 radical (unpaired) electrons. The third kappa shape index (κ3) is 4.87. The summed E-state index contributed by atoms with van der Waals surface area (Å²) in [5.74, 6) is 1.71. The minimum atomic E-state index is -0.486. The maximum absolute atomic E-state index is 12.8. The number of ketones is 1. The van der Waals surface area contributed by atoms with Gasteiger partial charge in [-0.3, -0.25) is 9.59 Å². The zero-order valence-corrected chi connectivity index (χ0v) is 18.8. The van der Waals surface area contributed by atoms with Gasteiger partial charge in [0, 0.05) is 37.4 Å². The molecule has 0 unspecified atom stereocenters. The lowest BCUT2D eigenvalue weighted by Gasteiger charge is -2.44. The van der Waals surface area contributed by atoms with Crippen molar-refractivity contribution in [2.24, 2.45) is 0 Å². The molecule has 1 spiro atoms. The maximum atomic E-state index is 12.8. The number of amides is 1. The largest absolute Gasteiger partial charge is 0.494 e. The molecule has 2 aromatic carbocycles. The van der Waals surface area contributed by atoms with Gasteiger partial charge in [0.05, 0.1) is 18.6 Å². The third-order valence-electron chi connectivity index (χ3n) is 6.35. The van der Waals surface area contributed by atoms with Gasteiger partial charge in [0.15, 0.2) is 5.78 Å². The highest BCUT2D eigenvalue weighted by Gasteiger charge is 2.43. The summed E-state index contributed by atoms with van der Waals surface area (Å²) in [6, 6.07) is 11.1. The second kappa shape index (κ2) is 8.91. The fourth-order valence-corrected chi connectivity index (χ4v) is 4.42. The number of ether oxygens (including phenoxy) is 2. The van der Waals surface area contributed by atoms with Gasteiger partial charge in [0.2, 0.25) is 5.91 Å². The van der Waals surface area contributed by atoms with E-state index in [9.17, 15) is 9.59 Å². The van der Waals surface area contributed by atoms with Crippen LogP contribution in [0.5, 0.6) is 11.5 Å². The average Bonchev–Trinajstić information content (AvgIpc) is 2.74. The molecule has 2 aliphatic heterocycles. The van der Waals surface area contributed by atoms with Crippen LogP contribution < -0.4 is 9.47 Å². The Hall–Kier alpha value is -2.53. The van der Waals surface area contributed by atoms with E-state index in [1.807, 2.05) is 43.0 Å². The van der Waals surface area contributed by atoms with Crippen molar-refractivity contribution in [3.05, 3.63) is 58.1 Å². The lowest BCUT2D eigenvalue weighted by molar-refractivity contribution is -0.135. The number of rotatable bonds is 5. The van der Waals surface area contributed by atoms with E-state index in [0.29, 0.717) is 68.1 Å². The zero-order valence-electron chi connectivity index (χ0n) is 18.1. The van der Waals surface area contributed by atoms with Gasteiger partial charge in [-0.2, -0.15) is 0 Å². The Bertz CT molecular complexity index is 978. The third-order valence-corrected chi connectivity index (χ3v) is 6.60. The van der Waals surface area contributed by atoms with Crippen LogP contribution in [0.4, 0.5) is 0 Å². The predicted octanol–water partition coefficient (Wildman–Crippen LogP) is 5.14. The highest BCUT2D eigenvalue weighted by atomic mass is 35.5. The van der Waals surface area contributed by atoms with Gasteiger partial charge in [-0.1, -0.05) is 11.6 Å². The van der Waals surface area contributed by atoms with E-state index in [-0.39, 0.29) is 11.7 Å². The number of halogens is 1. The van der Waals surface area contributed by atoms with Crippen molar-refractivity contribution in [1.29, 1.82) is 0 Å². The Kier molecular flexibility index (Phi) is 6.24. The van der Waals surface area contributed by atoms with Crippen molar-refractivity contribution in [3.63, 3.8) is 0 Å². The van der Waals surface area contributed by atoms with E-state index in [0.717, 1.165) is 16.9 Å². The van der Waals surface area contributed by atoms with Crippen molar-refractivity contribution in [2.75, 3.05) is 19.7 Å². The summed E-state index contributed by atoms with van der Waals surface area (Å²) in [4.78, 5) is 27.3. The standard InChI is InChI=1S/C25H28ClNO4/c1-17-14-21-22(28)16-25(31-23(21)15-18(17)2)9-11-27(12-10-25)24(29)4-3-13-30-20-7-5-19(26)6-8-20/h5-8,14-15H,3-4,9-13,16H2,1-2H3. The van der Waals surface area contributed by atoms with Crippen LogP contribution in [-0.2, 0) is 4.79 Å². The molecule has 2 aliphatic rings. The van der Waals surface area contributed by atoms with Crippen LogP contribution >= 0.6 is 11.6 Å². The number of aryl methyl sites for hydroxylation is 2. The van der Waals surface area contributed by atoms with Crippen molar-refractivity contribution in [1.82, 2.24) is 4.90 Å². The van der Waals surface area contributed by atoms with E-state index in [1.54, 1.807) is 12.1 Å². The molecule has 1 amide bonds. The highest BCUT2D eigenvalue weighted by Crippen LogP contribution is 2.40. The fourth-order valence-electron chi connectivity index (χ4n) is 4.29. The van der Waals surface area contributed by atoms with Gasteiger partial charge in [-0.25, -0.2) is 0 Å². The Morgan fingerprint density at radius 2 is 1.81 bits per heavy atom. The minimum absolute atomic E-state index is 0.128. The number of fused-ring (bicyclic) bond motifs is 1. The predicted molar refractivity (Wildman–Crippen MR) is 120 cm³/mol. The smallest absolute Gasteiger partial charge is 0.222 e. The molecule has 6 heteroatoms. The van der Waals surface area contributed by atoms with Crippen LogP contribution in [0, 0.1) is 13.8 Å². The molecule has 31 heavy (non-hydrogen) atoms. The number of carbonyl (C=O) groups is 2. The summed E-state index contributed by atoms with van der Waals surface area (Å²) < 4.78 is 12.0. The quantitative estimate of drug-likeness (QED) is 0.602. The van der Waals surface area contributed by atoms with Crippen LogP contribution in [0.3, 0.4) is 0 Å². The van der Waals surface area contributed by atoms with Gasteiger partial charge in [-0.05, 0) is 67.8 Å². The second-order valence-corrected chi connectivity index (χ2v) is 9.04. The maximum Gasteiger partial charge on any atom is 0.222 e. The van der Waals surface area contributed by atoms with Crippen molar-refractivity contribution >= 4 is 23.3 Å². The van der Waals surface area contributed by atoms with E-state index < -0.39 is 5.60 Å².